The number of esters is 1. The van der Waals surface area contributed by atoms with E-state index in [0.717, 1.165) is 16.4 Å². The highest BCUT2D eigenvalue weighted by Gasteiger charge is 2.21. The minimum atomic E-state index is -3.80. The van der Waals surface area contributed by atoms with E-state index in [9.17, 15) is 26.8 Å². The van der Waals surface area contributed by atoms with Crippen LogP contribution in [0.4, 0.5) is 8.78 Å². The first-order valence-electron chi connectivity index (χ1n) is 9.46. The first kappa shape index (κ1) is 24.4. The van der Waals surface area contributed by atoms with Crippen molar-refractivity contribution in [2.45, 2.75) is 24.3 Å². The zero-order valence-electron chi connectivity index (χ0n) is 17.3. The molecule has 0 heterocycles. The van der Waals surface area contributed by atoms with Crippen LogP contribution in [0.5, 0.6) is 0 Å². The van der Waals surface area contributed by atoms with Crippen molar-refractivity contribution in [2.75, 3.05) is 27.2 Å². The van der Waals surface area contributed by atoms with Crippen molar-refractivity contribution in [1.29, 1.82) is 0 Å². The van der Waals surface area contributed by atoms with E-state index in [1.165, 1.54) is 37.2 Å². The zero-order valence-corrected chi connectivity index (χ0v) is 18.1. The fourth-order valence-electron chi connectivity index (χ4n) is 2.65. The van der Waals surface area contributed by atoms with Crippen molar-refractivity contribution < 1.29 is 31.5 Å². The zero-order chi connectivity index (χ0) is 23.0. The Hall–Kier alpha value is -2.85. The molecule has 0 aliphatic carbocycles. The van der Waals surface area contributed by atoms with Crippen molar-refractivity contribution >= 4 is 21.9 Å². The molecular weight excluding hydrogens is 430 g/mol. The van der Waals surface area contributed by atoms with Gasteiger partial charge in [0, 0.05) is 39.2 Å². The van der Waals surface area contributed by atoms with E-state index < -0.39 is 40.1 Å². The van der Waals surface area contributed by atoms with Crippen LogP contribution in [0.25, 0.3) is 0 Å². The molecule has 2 aromatic carbocycles. The van der Waals surface area contributed by atoms with Crippen LogP contribution in [0.15, 0.2) is 53.4 Å². The number of ether oxygens (including phenoxy) is 1. The van der Waals surface area contributed by atoms with Crippen LogP contribution in [0.2, 0.25) is 0 Å². The second-order valence-corrected chi connectivity index (χ2v) is 8.93. The summed E-state index contributed by atoms with van der Waals surface area (Å²) in [6, 6.07) is 10.5. The lowest BCUT2D eigenvalue weighted by molar-refractivity contribution is -0.151. The summed E-state index contributed by atoms with van der Waals surface area (Å²) in [4.78, 5) is 25.1. The highest BCUT2D eigenvalue weighted by atomic mass is 32.2. The lowest BCUT2D eigenvalue weighted by Crippen LogP contribution is -2.31. The van der Waals surface area contributed by atoms with E-state index in [2.05, 4.69) is 0 Å². The van der Waals surface area contributed by atoms with Crippen molar-refractivity contribution in [3.05, 3.63) is 65.7 Å². The van der Waals surface area contributed by atoms with Crippen LogP contribution in [0.3, 0.4) is 0 Å². The molecule has 0 aliphatic heterocycles. The standard InChI is InChI=1S/C21H24F2N2O5S/c1-24(14-16-6-3-4-7-19(16)23)20(26)15-30-21(27)8-5-13-25(2)31(28,29)18-11-9-17(22)10-12-18/h3-4,6-7,9-12H,5,8,13-15H2,1-2H3. The monoisotopic (exact) mass is 454 g/mol. The normalized spacial score (nSPS) is 11.4. The topological polar surface area (TPSA) is 84.0 Å². The molecule has 10 heteroatoms. The van der Waals surface area contributed by atoms with E-state index in [1.54, 1.807) is 18.2 Å². The molecule has 0 aromatic heterocycles. The average molecular weight is 454 g/mol. The van der Waals surface area contributed by atoms with Gasteiger partial charge in [-0.1, -0.05) is 18.2 Å². The van der Waals surface area contributed by atoms with Crippen LogP contribution >= 0.6 is 0 Å². The summed E-state index contributed by atoms with van der Waals surface area (Å²) in [7, 11) is -0.978. The smallest absolute Gasteiger partial charge is 0.306 e. The third kappa shape index (κ3) is 7.11. The van der Waals surface area contributed by atoms with Crippen molar-refractivity contribution in [1.82, 2.24) is 9.21 Å². The van der Waals surface area contributed by atoms with Gasteiger partial charge in [-0.2, -0.15) is 0 Å². The summed E-state index contributed by atoms with van der Waals surface area (Å²) in [6.07, 6.45) is 0.0859. The number of halogens is 2. The first-order valence-corrected chi connectivity index (χ1v) is 10.9. The number of sulfonamides is 1. The van der Waals surface area contributed by atoms with Crippen molar-refractivity contribution in [3.63, 3.8) is 0 Å². The molecule has 0 atom stereocenters. The number of carbonyl (C=O) groups is 2. The third-order valence-electron chi connectivity index (χ3n) is 4.52. The number of benzene rings is 2. The SMILES string of the molecule is CN(Cc1ccccc1F)C(=O)COC(=O)CCCN(C)S(=O)(=O)c1ccc(F)cc1. The van der Waals surface area contributed by atoms with E-state index in [-0.39, 0.29) is 30.8 Å². The first-order chi connectivity index (χ1) is 14.6. The summed E-state index contributed by atoms with van der Waals surface area (Å²) < 4.78 is 57.4. The molecule has 1 amide bonds. The highest BCUT2D eigenvalue weighted by molar-refractivity contribution is 7.89. The van der Waals surface area contributed by atoms with Gasteiger partial charge in [-0.15, -0.1) is 0 Å². The Bertz CT molecular complexity index is 1010. The number of carbonyl (C=O) groups excluding carboxylic acids is 2. The summed E-state index contributed by atoms with van der Waals surface area (Å²) in [5.41, 5.74) is 0.343. The minimum absolute atomic E-state index is 0.0368. The van der Waals surface area contributed by atoms with Crippen LogP contribution in [0.1, 0.15) is 18.4 Å². The molecule has 31 heavy (non-hydrogen) atoms. The van der Waals surface area contributed by atoms with E-state index >= 15 is 0 Å². The van der Waals surface area contributed by atoms with Gasteiger partial charge < -0.3 is 9.64 Å². The Kier molecular flexibility index (Phi) is 8.64. The molecule has 0 unspecified atom stereocenters. The van der Waals surface area contributed by atoms with Gasteiger partial charge in [-0.25, -0.2) is 21.5 Å². The highest BCUT2D eigenvalue weighted by Crippen LogP contribution is 2.15. The van der Waals surface area contributed by atoms with Crippen LogP contribution < -0.4 is 0 Å². The summed E-state index contributed by atoms with van der Waals surface area (Å²) >= 11 is 0. The van der Waals surface area contributed by atoms with Crippen LogP contribution in [0, 0.1) is 11.6 Å². The Labute approximate surface area is 180 Å². The lowest BCUT2D eigenvalue weighted by atomic mass is 10.2. The van der Waals surface area contributed by atoms with Crippen LogP contribution in [-0.4, -0.2) is 56.7 Å². The van der Waals surface area contributed by atoms with Crippen molar-refractivity contribution in [3.8, 4) is 0 Å². The van der Waals surface area contributed by atoms with Crippen LogP contribution in [-0.2, 0) is 30.9 Å². The van der Waals surface area contributed by atoms with Gasteiger partial charge in [-0.05, 0) is 36.8 Å². The van der Waals surface area contributed by atoms with Gasteiger partial charge in [0.05, 0.1) is 4.90 Å². The number of nitrogens with zero attached hydrogens (tertiary/aromatic N) is 2. The third-order valence-corrected chi connectivity index (χ3v) is 6.39. The fourth-order valence-corrected chi connectivity index (χ4v) is 3.86. The average Bonchev–Trinajstić information content (AvgIpc) is 2.73. The maximum atomic E-state index is 13.7. The second kappa shape index (κ2) is 11.0. The predicted octanol–water partition coefficient (Wildman–Crippen LogP) is 2.57. The van der Waals surface area contributed by atoms with E-state index in [0.29, 0.717) is 5.56 Å². The molecule has 0 bridgehead atoms. The van der Waals surface area contributed by atoms with Gasteiger partial charge in [0.15, 0.2) is 6.61 Å². The predicted molar refractivity (Wildman–Crippen MR) is 109 cm³/mol. The molecular formula is C21H24F2N2O5S. The number of rotatable bonds is 10. The Morgan fingerprint density at radius 1 is 1.00 bits per heavy atom. The van der Waals surface area contributed by atoms with Gasteiger partial charge in [-0.3, -0.25) is 9.59 Å². The number of amides is 1. The molecule has 0 spiro atoms. The molecule has 0 saturated heterocycles. The molecule has 168 valence electrons. The number of hydrogen-bond donors (Lipinski definition) is 0. The molecule has 0 saturated carbocycles. The Morgan fingerprint density at radius 3 is 2.29 bits per heavy atom. The second-order valence-electron chi connectivity index (χ2n) is 6.89. The van der Waals surface area contributed by atoms with Gasteiger partial charge in [0.2, 0.25) is 10.0 Å². The van der Waals surface area contributed by atoms with Gasteiger partial charge in [0.25, 0.3) is 5.91 Å². The van der Waals surface area contributed by atoms with Gasteiger partial charge in [0.1, 0.15) is 11.6 Å². The molecule has 0 fully saturated rings. The number of likely N-dealkylation sites (N-methyl/N-ethyl adjacent to an activating group) is 1. The minimum Gasteiger partial charge on any atom is -0.456 e. The fraction of sp³-hybridized carbons (Fsp3) is 0.333. The molecule has 2 rings (SSSR count). The van der Waals surface area contributed by atoms with E-state index in [1.807, 2.05) is 0 Å². The molecule has 2 aromatic rings. The molecule has 7 nitrogen and oxygen atoms in total. The largest absolute Gasteiger partial charge is 0.456 e. The van der Waals surface area contributed by atoms with Crippen molar-refractivity contribution in [2.24, 2.45) is 0 Å². The van der Waals surface area contributed by atoms with Gasteiger partial charge >= 0.3 is 5.97 Å². The summed E-state index contributed by atoms with van der Waals surface area (Å²) in [5, 5.41) is 0. The maximum Gasteiger partial charge on any atom is 0.306 e. The maximum absolute atomic E-state index is 13.7. The number of hydrogen-bond acceptors (Lipinski definition) is 5. The Balaban J connectivity index is 1.74. The van der Waals surface area contributed by atoms with E-state index in [4.69, 9.17) is 4.74 Å². The summed E-state index contributed by atoms with van der Waals surface area (Å²) in [6.45, 7) is -0.418. The summed E-state index contributed by atoms with van der Waals surface area (Å²) in [5.74, 6) is -2.12. The molecule has 0 aliphatic rings. The molecule has 0 radical (unpaired) electrons. The quantitative estimate of drug-likeness (QED) is 0.516. The molecule has 0 N–H and O–H groups in total. The lowest BCUT2D eigenvalue weighted by Gasteiger charge is -2.18. The Morgan fingerprint density at radius 2 is 1.65 bits per heavy atom.